The van der Waals surface area contributed by atoms with Gasteiger partial charge in [-0.2, -0.15) is 0 Å². The molecule has 28 heavy (non-hydrogen) atoms. The van der Waals surface area contributed by atoms with Crippen LogP contribution < -0.4 is 5.32 Å². The van der Waals surface area contributed by atoms with Crippen molar-refractivity contribution in [3.05, 3.63) is 54.6 Å². The standard InChI is InChI=1S/C22H23N3OS2/c1-4-5-21(26)24-20-14-19(15-6-10-17(27-2)11-7-15)23-22(25-20)16-8-12-18(28-3)13-9-16/h6-14H,4-5H2,1-3H3,(H,23,24,25,26). The van der Waals surface area contributed by atoms with Gasteiger partial charge in [0.15, 0.2) is 5.82 Å². The SMILES string of the molecule is CCCC(=O)Nc1cc(-c2ccc(SC)cc2)nc(-c2ccc(SC)cc2)n1. The van der Waals surface area contributed by atoms with Gasteiger partial charge >= 0.3 is 0 Å². The van der Waals surface area contributed by atoms with E-state index in [2.05, 4.69) is 40.8 Å². The Labute approximate surface area is 174 Å². The quantitative estimate of drug-likeness (QED) is 0.486. The van der Waals surface area contributed by atoms with Gasteiger partial charge in [0.2, 0.25) is 5.91 Å². The van der Waals surface area contributed by atoms with E-state index in [0.29, 0.717) is 18.1 Å². The number of thioether (sulfide) groups is 2. The van der Waals surface area contributed by atoms with Crippen LogP contribution in [0.2, 0.25) is 0 Å². The van der Waals surface area contributed by atoms with Crippen molar-refractivity contribution in [2.45, 2.75) is 29.6 Å². The van der Waals surface area contributed by atoms with E-state index in [1.54, 1.807) is 23.5 Å². The predicted molar refractivity (Wildman–Crippen MR) is 120 cm³/mol. The number of nitrogens with one attached hydrogen (secondary N) is 1. The van der Waals surface area contributed by atoms with Crippen LogP contribution in [0.4, 0.5) is 5.82 Å². The highest BCUT2D eigenvalue weighted by Gasteiger charge is 2.11. The van der Waals surface area contributed by atoms with Gasteiger partial charge in [-0.1, -0.05) is 31.2 Å². The monoisotopic (exact) mass is 409 g/mol. The second kappa shape index (κ2) is 9.75. The molecule has 6 heteroatoms. The number of benzene rings is 2. The number of anilines is 1. The molecule has 0 saturated carbocycles. The highest BCUT2D eigenvalue weighted by atomic mass is 32.2. The second-order valence-corrected chi connectivity index (χ2v) is 7.98. The fourth-order valence-corrected chi connectivity index (χ4v) is 3.54. The van der Waals surface area contributed by atoms with Crippen LogP contribution in [0, 0.1) is 0 Å². The third kappa shape index (κ3) is 5.14. The molecule has 1 heterocycles. The van der Waals surface area contributed by atoms with Crippen molar-refractivity contribution < 1.29 is 4.79 Å². The van der Waals surface area contributed by atoms with Gasteiger partial charge in [-0.05, 0) is 43.2 Å². The number of hydrogen-bond donors (Lipinski definition) is 1. The maximum absolute atomic E-state index is 12.1. The summed E-state index contributed by atoms with van der Waals surface area (Å²) in [4.78, 5) is 23.8. The van der Waals surface area contributed by atoms with E-state index >= 15 is 0 Å². The fourth-order valence-electron chi connectivity index (χ4n) is 2.72. The van der Waals surface area contributed by atoms with E-state index < -0.39 is 0 Å². The summed E-state index contributed by atoms with van der Waals surface area (Å²) in [5, 5.41) is 2.91. The average Bonchev–Trinajstić information content (AvgIpc) is 2.74. The van der Waals surface area contributed by atoms with Gasteiger partial charge < -0.3 is 5.32 Å². The second-order valence-electron chi connectivity index (χ2n) is 6.22. The molecule has 1 N–H and O–H groups in total. The zero-order valence-electron chi connectivity index (χ0n) is 16.2. The Morgan fingerprint density at radius 2 is 1.46 bits per heavy atom. The van der Waals surface area contributed by atoms with E-state index in [-0.39, 0.29) is 5.91 Å². The first-order valence-corrected chi connectivity index (χ1v) is 11.6. The molecular weight excluding hydrogens is 386 g/mol. The van der Waals surface area contributed by atoms with Crippen molar-refractivity contribution >= 4 is 35.2 Å². The summed E-state index contributed by atoms with van der Waals surface area (Å²) in [5.74, 6) is 1.10. The Kier molecular flexibility index (Phi) is 7.12. The van der Waals surface area contributed by atoms with E-state index in [1.165, 1.54) is 9.79 Å². The van der Waals surface area contributed by atoms with Crippen molar-refractivity contribution in [1.29, 1.82) is 0 Å². The molecule has 0 spiro atoms. The molecule has 0 aliphatic carbocycles. The minimum Gasteiger partial charge on any atom is -0.311 e. The molecule has 0 unspecified atom stereocenters. The average molecular weight is 410 g/mol. The molecule has 1 amide bonds. The summed E-state index contributed by atoms with van der Waals surface area (Å²) < 4.78 is 0. The number of amides is 1. The third-order valence-corrected chi connectivity index (χ3v) is 5.69. The Bertz CT molecular complexity index is 875. The topological polar surface area (TPSA) is 54.9 Å². The van der Waals surface area contributed by atoms with Crippen molar-refractivity contribution in [3.8, 4) is 22.6 Å². The number of rotatable bonds is 7. The van der Waals surface area contributed by atoms with Gasteiger partial charge in [-0.25, -0.2) is 9.97 Å². The van der Waals surface area contributed by atoms with Gasteiger partial charge in [0.05, 0.1) is 5.69 Å². The minimum absolute atomic E-state index is 0.0337. The van der Waals surface area contributed by atoms with Crippen molar-refractivity contribution in [1.82, 2.24) is 9.97 Å². The summed E-state index contributed by atoms with van der Waals surface area (Å²) >= 11 is 3.39. The van der Waals surface area contributed by atoms with Crippen molar-refractivity contribution in [2.24, 2.45) is 0 Å². The summed E-state index contributed by atoms with van der Waals surface area (Å²) in [6, 6.07) is 18.2. The molecule has 4 nitrogen and oxygen atoms in total. The van der Waals surface area contributed by atoms with Crippen LogP contribution in [0.25, 0.3) is 22.6 Å². The smallest absolute Gasteiger partial charge is 0.225 e. The van der Waals surface area contributed by atoms with E-state index in [4.69, 9.17) is 4.98 Å². The van der Waals surface area contributed by atoms with Crippen LogP contribution in [-0.4, -0.2) is 28.4 Å². The molecule has 144 valence electrons. The largest absolute Gasteiger partial charge is 0.311 e. The first kappa shape index (κ1) is 20.4. The highest BCUT2D eigenvalue weighted by Crippen LogP contribution is 2.27. The third-order valence-electron chi connectivity index (χ3n) is 4.20. The molecular formula is C22H23N3OS2. The minimum atomic E-state index is -0.0337. The van der Waals surface area contributed by atoms with Gasteiger partial charge in [0, 0.05) is 33.4 Å². The first-order chi connectivity index (χ1) is 13.6. The lowest BCUT2D eigenvalue weighted by molar-refractivity contribution is -0.116. The molecule has 0 radical (unpaired) electrons. The maximum atomic E-state index is 12.1. The summed E-state index contributed by atoms with van der Waals surface area (Å²) in [7, 11) is 0. The number of carbonyl (C=O) groups is 1. The first-order valence-electron chi connectivity index (χ1n) is 9.10. The van der Waals surface area contributed by atoms with Crippen molar-refractivity contribution in [2.75, 3.05) is 17.8 Å². The number of nitrogens with zero attached hydrogens (tertiary/aromatic N) is 2. The number of carbonyl (C=O) groups excluding carboxylic acids is 1. The predicted octanol–water partition coefficient (Wildman–Crippen LogP) is 5.99. The van der Waals surface area contributed by atoms with Crippen LogP contribution in [0.15, 0.2) is 64.4 Å². The van der Waals surface area contributed by atoms with Crippen LogP contribution in [0.5, 0.6) is 0 Å². The van der Waals surface area contributed by atoms with Gasteiger partial charge in [0.25, 0.3) is 0 Å². The van der Waals surface area contributed by atoms with Gasteiger partial charge in [-0.3, -0.25) is 4.79 Å². The molecule has 2 aromatic carbocycles. The maximum Gasteiger partial charge on any atom is 0.225 e. The molecule has 0 saturated heterocycles. The van der Waals surface area contributed by atoms with Crippen LogP contribution in [0.3, 0.4) is 0 Å². The highest BCUT2D eigenvalue weighted by molar-refractivity contribution is 7.98. The normalized spacial score (nSPS) is 10.7. The molecule has 0 fully saturated rings. The molecule has 0 aliphatic rings. The number of hydrogen-bond acceptors (Lipinski definition) is 5. The zero-order chi connectivity index (χ0) is 19.9. The molecule has 0 atom stereocenters. The summed E-state index contributed by atoms with van der Waals surface area (Å²) in [6.45, 7) is 1.98. The van der Waals surface area contributed by atoms with Crippen molar-refractivity contribution in [3.63, 3.8) is 0 Å². The van der Waals surface area contributed by atoms with Gasteiger partial charge in [0.1, 0.15) is 5.82 Å². The van der Waals surface area contributed by atoms with Gasteiger partial charge in [-0.15, -0.1) is 23.5 Å². The molecule has 3 aromatic rings. The Morgan fingerprint density at radius 3 is 2.00 bits per heavy atom. The lowest BCUT2D eigenvalue weighted by atomic mass is 10.1. The van der Waals surface area contributed by atoms with Crippen LogP contribution >= 0.6 is 23.5 Å². The molecule has 0 aliphatic heterocycles. The Morgan fingerprint density at radius 1 is 0.893 bits per heavy atom. The summed E-state index contributed by atoms with van der Waals surface area (Å²) in [5.41, 5.74) is 2.71. The summed E-state index contributed by atoms with van der Waals surface area (Å²) in [6.07, 6.45) is 5.37. The fraction of sp³-hybridized carbons (Fsp3) is 0.227. The Balaban J connectivity index is 2.02. The zero-order valence-corrected chi connectivity index (χ0v) is 17.9. The Hall–Kier alpha value is -2.31. The molecule has 3 rings (SSSR count). The molecule has 1 aromatic heterocycles. The molecule has 0 bridgehead atoms. The van der Waals surface area contributed by atoms with E-state index in [9.17, 15) is 4.79 Å². The van der Waals surface area contributed by atoms with Crippen LogP contribution in [0.1, 0.15) is 19.8 Å². The van der Waals surface area contributed by atoms with Crippen LogP contribution in [-0.2, 0) is 4.79 Å². The lowest BCUT2D eigenvalue weighted by Crippen LogP contribution is -2.12. The van der Waals surface area contributed by atoms with E-state index in [1.807, 2.05) is 43.5 Å². The van der Waals surface area contributed by atoms with E-state index in [0.717, 1.165) is 23.2 Å². The lowest BCUT2D eigenvalue weighted by Gasteiger charge is -2.10. The number of aromatic nitrogens is 2.